The van der Waals surface area contributed by atoms with E-state index in [0.717, 1.165) is 5.69 Å². The quantitative estimate of drug-likeness (QED) is 0.799. The van der Waals surface area contributed by atoms with Gasteiger partial charge in [0.15, 0.2) is 15.0 Å². The summed E-state index contributed by atoms with van der Waals surface area (Å²) in [5.74, 6) is -0.230. The highest BCUT2D eigenvalue weighted by Crippen LogP contribution is 2.41. The molecule has 2 atom stereocenters. The number of halogens is 1. The summed E-state index contributed by atoms with van der Waals surface area (Å²) in [4.78, 5) is 17.7. The SMILES string of the molecule is COCC(=O)N=C1S[C@H]2CS(=O)(=O)C[C@@H]2N1c1ccc(Cl)cc1. The van der Waals surface area contributed by atoms with Crippen molar-refractivity contribution < 1.29 is 17.9 Å². The normalized spacial score (nSPS) is 27.4. The minimum Gasteiger partial charge on any atom is -0.375 e. The van der Waals surface area contributed by atoms with Gasteiger partial charge in [-0.15, -0.1) is 0 Å². The number of thioether (sulfide) groups is 1. The van der Waals surface area contributed by atoms with E-state index in [4.69, 9.17) is 16.3 Å². The van der Waals surface area contributed by atoms with E-state index in [1.165, 1.54) is 18.9 Å². The van der Waals surface area contributed by atoms with Gasteiger partial charge < -0.3 is 9.64 Å². The van der Waals surface area contributed by atoms with Crippen LogP contribution in [-0.4, -0.2) is 56.0 Å². The molecule has 6 nitrogen and oxygen atoms in total. The molecule has 124 valence electrons. The molecule has 0 aliphatic carbocycles. The molecule has 0 bridgehead atoms. The molecule has 0 spiro atoms. The molecule has 0 radical (unpaired) electrons. The number of rotatable bonds is 3. The fraction of sp³-hybridized carbons (Fsp3) is 0.429. The minimum atomic E-state index is -3.07. The van der Waals surface area contributed by atoms with Crippen LogP contribution >= 0.6 is 23.4 Å². The van der Waals surface area contributed by atoms with Gasteiger partial charge in [0.2, 0.25) is 0 Å². The second kappa shape index (κ2) is 6.43. The Morgan fingerprint density at radius 3 is 2.74 bits per heavy atom. The van der Waals surface area contributed by atoms with Gasteiger partial charge in [-0.1, -0.05) is 23.4 Å². The minimum absolute atomic E-state index is 0.0603. The Labute approximate surface area is 143 Å². The maximum Gasteiger partial charge on any atom is 0.274 e. The van der Waals surface area contributed by atoms with Crippen LogP contribution in [0.25, 0.3) is 0 Å². The number of sulfone groups is 1. The second-order valence-corrected chi connectivity index (χ2v) is 9.16. The highest BCUT2D eigenvalue weighted by molar-refractivity contribution is 8.16. The van der Waals surface area contributed by atoms with Gasteiger partial charge in [0.25, 0.3) is 5.91 Å². The Morgan fingerprint density at radius 1 is 1.39 bits per heavy atom. The summed E-state index contributed by atoms with van der Waals surface area (Å²) < 4.78 is 28.6. The number of amides is 1. The van der Waals surface area contributed by atoms with Crippen LogP contribution in [0.1, 0.15) is 0 Å². The summed E-state index contributed by atoms with van der Waals surface area (Å²) in [5.41, 5.74) is 0.774. The van der Waals surface area contributed by atoms with E-state index >= 15 is 0 Å². The smallest absolute Gasteiger partial charge is 0.274 e. The van der Waals surface area contributed by atoms with Crippen LogP contribution in [0.5, 0.6) is 0 Å². The molecule has 1 aromatic rings. The molecule has 1 amide bonds. The molecule has 0 unspecified atom stereocenters. The highest BCUT2D eigenvalue weighted by atomic mass is 35.5. The lowest BCUT2D eigenvalue weighted by molar-refractivity contribution is -0.121. The molecule has 0 saturated carbocycles. The van der Waals surface area contributed by atoms with Gasteiger partial charge >= 0.3 is 0 Å². The van der Waals surface area contributed by atoms with Gasteiger partial charge in [0, 0.05) is 23.1 Å². The molecule has 9 heteroatoms. The van der Waals surface area contributed by atoms with E-state index in [0.29, 0.717) is 10.2 Å². The Balaban J connectivity index is 1.97. The topological polar surface area (TPSA) is 76.0 Å². The molecule has 0 N–H and O–H groups in total. The third kappa shape index (κ3) is 3.55. The lowest BCUT2D eigenvalue weighted by atomic mass is 10.2. The number of hydrogen-bond donors (Lipinski definition) is 0. The standard InChI is InChI=1S/C14H15ClN2O4S2/c1-21-6-13(18)16-14-17(10-4-2-9(15)3-5-10)11-7-23(19,20)8-12(11)22-14/h2-5,11-12H,6-8H2,1H3/t11-,12-/m0/s1. The summed E-state index contributed by atoms with van der Waals surface area (Å²) in [6, 6.07) is 6.83. The van der Waals surface area contributed by atoms with Gasteiger partial charge in [-0.25, -0.2) is 8.42 Å². The number of nitrogens with zero attached hydrogens (tertiary/aromatic N) is 2. The zero-order valence-corrected chi connectivity index (χ0v) is 14.7. The predicted octanol–water partition coefficient (Wildman–Crippen LogP) is 1.59. The first-order valence-electron chi connectivity index (χ1n) is 6.92. The van der Waals surface area contributed by atoms with Crippen molar-refractivity contribution in [2.24, 2.45) is 4.99 Å². The van der Waals surface area contributed by atoms with E-state index in [2.05, 4.69) is 4.99 Å². The first-order chi connectivity index (χ1) is 10.9. The molecular formula is C14H15ClN2O4S2. The second-order valence-electron chi connectivity index (χ2n) is 5.37. The number of benzene rings is 1. The number of fused-ring (bicyclic) bond motifs is 1. The van der Waals surface area contributed by atoms with E-state index in [1.54, 1.807) is 24.3 Å². The Hall–Kier alpha value is -1.09. The molecular weight excluding hydrogens is 360 g/mol. The van der Waals surface area contributed by atoms with Crippen LogP contribution in [0.3, 0.4) is 0 Å². The molecule has 1 aromatic carbocycles. The summed E-state index contributed by atoms with van der Waals surface area (Å²) in [5, 5.41) is 0.981. The van der Waals surface area contributed by atoms with Crippen LogP contribution < -0.4 is 4.90 Å². The summed E-state index contributed by atoms with van der Waals surface area (Å²) in [7, 11) is -1.64. The van der Waals surface area contributed by atoms with Crippen molar-refractivity contribution in [3.05, 3.63) is 29.3 Å². The maximum absolute atomic E-state index is 11.9. The van der Waals surface area contributed by atoms with E-state index < -0.39 is 15.7 Å². The molecule has 0 aromatic heterocycles. The van der Waals surface area contributed by atoms with Gasteiger partial charge in [-0.05, 0) is 24.3 Å². The van der Waals surface area contributed by atoms with Crippen LogP contribution in [0.4, 0.5) is 5.69 Å². The molecule has 2 saturated heterocycles. The van der Waals surface area contributed by atoms with Crippen molar-refractivity contribution in [1.82, 2.24) is 0 Å². The highest BCUT2D eigenvalue weighted by Gasteiger charge is 2.49. The summed E-state index contributed by atoms with van der Waals surface area (Å²) in [6.07, 6.45) is 0. The predicted molar refractivity (Wildman–Crippen MR) is 92.1 cm³/mol. The number of carbonyl (C=O) groups excluding carboxylic acids is 1. The van der Waals surface area contributed by atoms with Gasteiger partial charge in [0.05, 0.1) is 17.5 Å². The van der Waals surface area contributed by atoms with Crippen LogP contribution in [0, 0.1) is 0 Å². The fourth-order valence-corrected chi connectivity index (χ4v) is 6.79. The van der Waals surface area contributed by atoms with Crippen molar-refractivity contribution in [2.45, 2.75) is 11.3 Å². The van der Waals surface area contributed by atoms with Crippen molar-refractivity contribution in [3.63, 3.8) is 0 Å². The first-order valence-corrected chi connectivity index (χ1v) is 10.00. The first kappa shape index (κ1) is 16.8. The molecule has 2 aliphatic rings. The zero-order chi connectivity index (χ0) is 16.6. The molecule has 23 heavy (non-hydrogen) atoms. The largest absolute Gasteiger partial charge is 0.375 e. The maximum atomic E-state index is 11.9. The summed E-state index contributed by atoms with van der Waals surface area (Å²) in [6.45, 7) is -0.105. The van der Waals surface area contributed by atoms with E-state index in [1.807, 2.05) is 4.90 Å². The number of hydrogen-bond acceptors (Lipinski definition) is 5. The van der Waals surface area contributed by atoms with Crippen molar-refractivity contribution in [1.29, 1.82) is 0 Å². The zero-order valence-electron chi connectivity index (χ0n) is 12.3. The lowest BCUT2D eigenvalue weighted by Gasteiger charge is -2.24. The molecule has 2 heterocycles. The van der Waals surface area contributed by atoms with E-state index in [9.17, 15) is 13.2 Å². The number of carbonyl (C=O) groups is 1. The van der Waals surface area contributed by atoms with Crippen molar-refractivity contribution in [3.8, 4) is 0 Å². The molecule has 3 rings (SSSR count). The Kier molecular flexibility index (Phi) is 4.68. The number of aliphatic imine (C=N–C) groups is 1. The lowest BCUT2D eigenvalue weighted by Crippen LogP contribution is -2.37. The van der Waals surface area contributed by atoms with Crippen LogP contribution in [0.2, 0.25) is 5.02 Å². The molecule has 2 aliphatic heterocycles. The fourth-order valence-electron chi connectivity index (χ4n) is 2.73. The van der Waals surface area contributed by atoms with Crippen molar-refractivity contribution >= 4 is 50.0 Å². The molecule has 2 fully saturated rings. The third-order valence-corrected chi connectivity index (χ3v) is 7.12. The third-order valence-electron chi connectivity index (χ3n) is 3.66. The van der Waals surface area contributed by atoms with Crippen LogP contribution in [-0.2, 0) is 19.4 Å². The van der Waals surface area contributed by atoms with Gasteiger partial charge in [0.1, 0.15) is 6.61 Å². The van der Waals surface area contributed by atoms with Gasteiger partial charge in [-0.2, -0.15) is 4.99 Å². The van der Waals surface area contributed by atoms with E-state index in [-0.39, 0.29) is 29.4 Å². The van der Waals surface area contributed by atoms with Gasteiger partial charge in [-0.3, -0.25) is 4.79 Å². The monoisotopic (exact) mass is 374 g/mol. The Morgan fingerprint density at radius 2 is 2.09 bits per heavy atom. The number of amidine groups is 1. The number of methoxy groups -OCH3 is 1. The number of ether oxygens (including phenoxy) is 1. The average Bonchev–Trinajstić information content (AvgIpc) is 2.91. The number of anilines is 1. The Bertz CT molecular complexity index is 749. The van der Waals surface area contributed by atoms with Crippen LogP contribution in [0.15, 0.2) is 29.3 Å². The summed E-state index contributed by atoms with van der Waals surface area (Å²) >= 11 is 7.25. The average molecular weight is 375 g/mol. The van der Waals surface area contributed by atoms with Crippen molar-refractivity contribution in [2.75, 3.05) is 30.1 Å².